The fraction of sp³-hybridized carbons (Fsp3) is 0.300. The Balaban J connectivity index is 1.80. The number of rotatable bonds is 6. The van der Waals surface area contributed by atoms with Crippen LogP contribution in [0.15, 0.2) is 48.5 Å². The average Bonchev–Trinajstić information content (AvgIpc) is 2.59. The molecule has 0 fully saturated rings. The zero-order chi connectivity index (χ0) is 18.7. The minimum Gasteiger partial charge on any atom is -0.494 e. The Morgan fingerprint density at radius 2 is 1.77 bits per heavy atom. The summed E-state index contributed by atoms with van der Waals surface area (Å²) in [4.78, 5) is 10.3. The maximum atomic E-state index is 10.7. The molecule has 2 aromatic carbocycles. The molecular weight excluding hydrogens is 332 g/mol. The smallest absolute Gasteiger partial charge is 0.269 e. The molecule has 0 aromatic heterocycles. The van der Waals surface area contributed by atoms with Gasteiger partial charge in [0.1, 0.15) is 18.1 Å². The lowest BCUT2D eigenvalue weighted by Crippen LogP contribution is -2.32. The molecule has 3 rings (SSSR count). The van der Waals surface area contributed by atoms with Gasteiger partial charge in [-0.2, -0.15) is 0 Å². The van der Waals surface area contributed by atoms with Gasteiger partial charge in [0.05, 0.1) is 17.1 Å². The second-order valence-electron chi connectivity index (χ2n) is 6.70. The molecule has 1 aliphatic rings. The number of nitro benzene ring substituents is 1. The van der Waals surface area contributed by atoms with Gasteiger partial charge in [0, 0.05) is 29.4 Å². The van der Waals surface area contributed by atoms with Crippen molar-refractivity contribution in [1.29, 1.82) is 0 Å². The van der Waals surface area contributed by atoms with Gasteiger partial charge >= 0.3 is 0 Å². The summed E-state index contributed by atoms with van der Waals surface area (Å²) in [6.07, 6.45) is 2.14. The number of nitro groups is 1. The number of hydrogen-bond acceptors (Lipinski definition) is 5. The van der Waals surface area contributed by atoms with Crippen LogP contribution in [0.4, 0.5) is 11.4 Å². The van der Waals surface area contributed by atoms with Gasteiger partial charge in [0.2, 0.25) is 0 Å². The maximum absolute atomic E-state index is 10.7. The molecule has 0 radical (unpaired) electrons. The van der Waals surface area contributed by atoms with Crippen molar-refractivity contribution in [3.05, 3.63) is 64.2 Å². The van der Waals surface area contributed by atoms with Gasteiger partial charge in [-0.3, -0.25) is 10.1 Å². The second-order valence-corrected chi connectivity index (χ2v) is 6.70. The number of nitrogens with zero attached hydrogens (tertiary/aromatic N) is 1. The Hall–Kier alpha value is -3.02. The number of hydrogen-bond donors (Lipinski definition) is 1. The molecule has 6 heteroatoms. The summed E-state index contributed by atoms with van der Waals surface area (Å²) in [7, 11) is 0. The van der Waals surface area contributed by atoms with E-state index in [1.54, 1.807) is 12.1 Å². The molecule has 26 heavy (non-hydrogen) atoms. The molecule has 1 aliphatic heterocycles. The Bertz CT molecular complexity index is 841. The first kappa shape index (κ1) is 17.8. The molecule has 1 N–H and O–H groups in total. The monoisotopic (exact) mass is 354 g/mol. The average molecular weight is 354 g/mol. The van der Waals surface area contributed by atoms with Crippen LogP contribution in [0.25, 0.3) is 5.57 Å². The minimum atomic E-state index is -0.423. The van der Waals surface area contributed by atoms with Crippen LogP contribution in [-0.2, 0) is 0 Å². The standard InChI is InChI=1S/C20H22N2O4/c1-4-25-17-9-10-18-14(12-20(2,3)21-19(18)11-17)13-26-16-7-5-15(6-8-16)22(23)24/h5-12,21H,4,13H2,1-3H3. The van der Waals surface area contributed by atoms with Crippen molar-refractivity contribution < 1.29 is 14.4 Å². The predicted molar refractivity (Wildman–Crippen MR) is 102 cm³/mol. The number of anilines is 1. The molecule has 0 unspecified atom stereocenters. The maximum Gasteiger partial charge on any atom is 0.269 e. The number of benzene rings is 2. The lowest BCUT2D eigenvalue weighted by molar-refractivity contribution is -0.384. The van der Waals surface area contributed by atoms with Crippen LogP contribution in [0.2, 0.25) is 0 Å². The van der Waals surface area contributed by atoms with E-state index in [9.17, 15) is 10.1 Å². The molecule has 0 aliphatic carbocycles. The molecule has 0 saturated carbocycles. The van der Waals surface area contributed by atoms with Crippen molar-refractivity contribution >= 4 is 16.9 Å². The van der Waals surface area contributed by atoms with E-state index in [1.165, 1.54) is 12.1 Å². The summed E-state index contributed by atoms with van der Waals surface area (Å²) in [6.45, 7) is 7.14. The summed E-state index contributed by atoms with van der Waals surface area (Å²) < 4.78 is 11.4. The van der Waals surface area contributed by atoms with Crippen LogP contribution in [-0.4, -0.2) is 23.7 Å². The first-order chi connectivity index (χ1) is 12.4. The fourth-order valence-corrected chi connectivity index (χ4v) is 3.00. The van der Waals surface area contributed by atoms with Crippen molar-refractivity contribution in [2.75, 3.05) is 18.5 Å². The van der Waals surface area contributed by atoms with E-state index in [-0.39, 0.29) is 11.2 Å². The molecule has 2 aromatic rings. The van der Waals surface area contributed by atoms with Crippen molar-refractivity contribution in [2.24, 2.45) is 0 Å². The third-order valence-corrected chi connectivity index (χ3v) is 4.08. The number of ether oxygens (including phenoxy) is 2. The van der Waals surface area contributed by atoms with Crippen molar-refractivity contribution in [2.45, 2.75) is 26.3 Å². The largest absolute Gasteiger partial charge is 0.494 e. The van der Waals surface area contributed by atoms with Gasteiger partial charge in [-0.05, 0) is 50.6 Å². The van der Waals surface area contributed by atoms with E-state index >= 15 is 0 Å². The number of fused-ring (bicyclic) bond motifs is 1. The quantitative estimate of drug-likeness (QED) is 0.603. The van der Waals surface area contributed by atoms with Crippen LogP contribution in [0, 0.1) is 10.1 Å². The highest BCUT2D eigenvalue weighted by Crippen LogP contribution is 2.36. The number of non-ortho nitro benzene ring substituents is 1. The highest BCUT2D eigenvalue weighted by molar-refractivity contribution is 5.82. The van der Waals surface area contributed by atoms with Gasteiger partial charge in [-0.25, -0.2) is 0 Å². The van der Waals surface area contributed by atoms with E-state index in [0.717, 1.165) is 22.6 Å². The SMILES string of the molecule is CCOc1ccc2c(c1)NC(C)(C)C=C2COc1ccc([N+](=O)[O-])cc1. The fourth-order valence-electron chi connectivity index (χ4n) is 3.00. The summed E-state index contributed by atoms with van der Waals surface area (Å²) in [5.74, 6) is 1.42. The van der Waals surface area contributed by atoms with Crippen LogP contribution in [0.3, 0.4) is 0 Å². The van der Waals surface area contributed by atoms with E-state index in [2.05, 4.69) is 25.2 Å². The highest BCUT2D eigenvalue weighted by atomic mass is 16.6. The molecular formula is C20H22N2O4. The lowest BCUT2D eigenvalue weighted by atomic mass is 9.90. The van der Waals surface area contributed by atoms with Crippen LogP contribution in [0.5, 0.6) is 11.5 Å². The van der Waals surface area contributed by atoms with Crippen LogP contribution >= 0.6 is 0 Å². The van der Waals surface area contributed by atoms with Crippen LogP contribution < -0.4 is 14.8 Å². The molecule has 0 spiro atoms. The molecule has 1 heterocycles. The molecule has 0 bridgehead atoms. The normalized spacial score (nSPS) is 14.7. The predicted octanol–water partition coefficient (Wildman–Crippen LogP) is 4.66. The van der Waals surface area contributed by atoms with Crippen LogP contribution in [0.1, 0.15) is 26.3 Å². The van der Waals surface area contributed by atoms with E-state index in [4.69, 9.17) is 9.47 Å². The molecule has 0 atom stereocenters. The summed E-state index contributed by atoms with van der Waals surface area (Å²) in [5, 5.41) is 14.2. The third-order valence-electron chi connectivity index (χ3n) is 4.08. The minimum absolute atomic E-state index is 0.0494. The summed E-state index contributed by atoms with van der Waals surface area (Å²) in [5.41, 5.74) is 2.96. The van der Waals surface area contributed by atoms with Gasteiger partial charge in [-0.15, -0.1) is 0 Å². The first-order valence-electron chi connectivity index (χ1n) is 8.52. The van der Waals surface area contributed by atoms with Crippen molar-refractivity contribution in [3.63, 3.8) is 0 Å². The second kappa shape index (κ2) is 7.07. The Morgan fingerprint density at radius 3 is 2.42 bits per heavy atom. The Morgan fingerprint density at radius 1 is 1.08 bits per heavy atom. The van der Waals surface area contributed by atoms with Gasteiger partial charge in [-0.1, -0.05) is 6.08 Å². The van der Waals surface area contributed by atoms with E-state index < -0.39 is 4.92 Å². The van der Waals surface area contributed by atoms with Crippen molar-refractivity contribution in [3.8, 4) is 11.5 Å². The van der Waals surface area contributed by atoms with Crippen molar-refractivity contribution in [1.82, 2.24) is 0 Å². The molecule has 136 valence electrons. The van der Waals surface area contributed by atoms with Gasteiger partial charge in [0.25, 0.3) is 5.69 Å². The lowest BCUT2D eigenvalue weighted by Gasteiger charge is -2.32. The number of nitrogens with one attached hydrogen (secondary N) is 1. The molecule has 0 amide bonds. The Labute approximate surface area is 152 Å². The molecule has 6 nitrogen and oxygen atoms in total. The van der Waals surface area contributed by atoms with Gasteiger partial charge < -0.3 is 14.8 Å². The van der Waals surface area contributed by atoms with E-state index in [0.29, 0.717) is 19.0 Å². The summed E-state index contributed by atoms with van der Waals surface area (Å²) in [6, 6.07) is 12.1. The zero-order valence-electron chi connectivity index (χ0n) is 15.1. The first-order valence-corrected chi connectivity index (χ1v) is 8.52. The Kier molecular flexibility index (Phi) is 4.84. The van der Waals surface area contributed by atoms with E-state index in [1.807, 2.05) is 25.1 Å². The third kappa shape index (κ3) is 3.96. The summed E-state index contributed by atoms with van der Waals surface area (Å²) >= 11 is 0. The highest BCUT2D eigenvalue weighted by Gasteiger charge is 2.25. The molecule has 0 saturated heterocycles. The zero-order valence-corrected chi connectivity index (χ0v) is 15.1. The van der Waals surface area contributed by atoms with Gasteiger partial charge in [0.15, 0.2) is 0 Å². The topological polar surface area (TPSA) is 73.6 Å².